The Morgan fingerprint density at radius 3 is 2.33 bits per heavy atom. The monoisotopic (exact) mass is 380 g/mol. The first-order chi connectivity index (χ1) is 12.6. The van der Waals surface area contributed by atoms with Crippen LogP contribution in [0.15, 0.2) is 24.3 Å². The molecule has 7 heteroatoms. The van der Waals surface area contributed by atoms with Crippen LogP contribution in [0, 0.1) is 18.8 Å². The van der Waals surface area contributed by atoms with Gasteiger partial charge in [0.25, 0.3) is 0 Å². The first-order valence-corrected chi connectivity index (χ1v) is 9.75. The van der Waals surface area contributed by atoms with Crippen LogP contribution in [0.5, 0.6) is 0 Å². The van der Waals surface area contributed by atoms with Crippen molar-refractivity contribution in [2.75, 3.05) is 37.7 Å². The Labute approximate surface area is 184 Å². The molecule has 0 amide bonds. The molecule has 1 aromatic carbocycles. The first-order valence-electron chi connectivity index (χ1n) is 9.75. The Hall–Kier alpha value is -1.08. The number of carboxylic acids is 1. The van der Waals surface area contributed by atoms with Gasteiger partial charge in [-0.1, -0.05) is 12.1 Å². The van der Waals surface area contributed by atoms with Gasteiger partial charge in [-0.25, -0.2) is 9.66 Å². The second kappa shape index (κ2) is 8.95. The van der Waals surface area contributed by atoms with Crippen molar-refractivity contribution in [2.24, 2.45) is 11.8 Å². The van der Waals surface area contributed by atoms with Gasteiger partial charge in [-0.2, -0.15) is 0 Å². The minimum atomic E-state index is -0.709. The average Bonchev–Trinajstić information content (AvgIpc) is 2.98. The summed E-state index contributed by atoms with van der Waals surface area (Å²) in [4.78, 5) is 17.6. The summed E-state index contributed by atoms with van der Waals surface area (Å²) in [6, 6.07) is 8.36. The summed E-state index contributed by atoms with van der Waals surface area (Å²) >= 11 is 0. The third-order valence-electron chi connectivity index (χ3n) is 6.16. The van der Waals surface area contributed by atoms with Crippen molar-refractivity contribution in [1.82, 2.24) is 14.6 Å². The third kappa shape index (κ3) is 4.50. The number of imidazole rings is 1. The van der Waals surface area contributed by atoms with E-state index in [2.05, 4.69) is 39.7 Å². The number of aromatic nitrogens is 2. The fourth-order valence-corrected chi connectivity index (χ4v) is 4.82. The predicted octanol–water partition coefficient (Wildman–Crippen LogP) is -0.394. The molecule has 0 atom stereocenters. The maximum Gasteiger partial charge on any atom is 1.00 e. The zero-order chi connectivity index (χ0) is 18.1. The van der Waals surface area contributed by atoms with E-state index in [1.165, 1.54) is 18.4 Å². The average molecular weight is 380 g/mol. The van der Waals surface area contributed by atoms with Gasteiger partial charge in [-0.3, -0.25) is 9.69 Å². The molecule has 142 valence electrons. The number of likely N-dealkylation sites (tertiary alicyclic amines) is 1. The second-order valence-electron chi connectivity index (χ2n) is 7.76. The number of hydrogen-bond donors (Lipinski definition) is 1. The van der Waals surface area contributed by atoms with Crippen LogP contribution in [0.2, 0.25) is 0 Å². The van der Waals surface area contributed by atoms with Gasteiger partial charge in [0.15, 0.2) is 0 Å². The van der Waals surface area contributed by atoms with Crippen LogP contribution in [0.25, 0.3) is 11.0 Å². The van der Waals surface area contributed by atoms with Crippen LogP contribution in [-0.4, -0.2) is 58.4 Å². The molecule has 3 heterocycles. The normalized spacial score (nSPS) is 20.0. The molecule has 0 unspecified atom stereocenters. The Balaban J connectivity index is 0.00000140. The van der Waals surface area contributed by atoms with E-state index >= 15 is 0 Å². The van der Waals surface area contributed by atoms with Gasteiger partial charge in [0, 0.05) is 13.1 Å². The van der Waals surface area contributed by atoms with Crippen molar-refractivity contribution in [2.45, 2.75) is 32.6 Å². The number of benzene rings is 1. The van der Waals surface area contributed by atoms with E-state index in [4.69, 9.17) is 10.1 Å². The van der Waals surface area contributed by atoms with E-state index in [0.717, 1.165) is 62.2 Å². The number of hydrogen-bond acceptors (Lipinski definition) is 4. The quantitative estimate of drug-likeness (QED) is 0.732. The van der Waals surface area contributed by atoms with Crippen LogP contribution in [0.1, 0.15) is 32.9 Å². The van der Waals surface area contributed by atoms with E-state index < -0.39 is 5.97 Å². The number of piperidine rings is 2. The van der Waals surface area contributed by atoms with Gasteiger partial charge in [-0.15, -0.1) is 0 Å². The predicted molar refractivity (Wildman–Crippen MR) is 103 cm³/mol. The zero-order valence-electron chi connectivity index (χ0n) is 17.5. The summed E-state index contributed by atoms with van der Waals surface area (Å²) < 4.78 is 2.29. The SMILES string of the molecule is Cc1nc2ccccc2n1N1CCC(C2CCN(CC(=O)O)CC2)CC1.[H-].[Na+]. The molecule has 4 rings (SSSR count). The van der Waals surface area contributed by atoms with E-state index in [-0.39, 0.29) is 37.5 Å². The van der Waals surface area contributed by atoms with E-state index in [9.17, 15) is 4.79 Å². The number of carboxylic acid groups (broad SMARTS) is 1. The largest absolute Gasteiger partial charge is 1.00 e. The molecule has 0 bridgehead atoms. The number of aliphatic carboxylic acids is 1. The van der Waals surface area contributed by atoms with Crippen LogP contribution in [0.4, 0.5) is 0 Å². The number of para-hydroxylation sites is 2. The molecule has 27 heavy (non-hydrogen) atoms. The number of fused-ring (bicyclic) bond motifs is 1. The molecule has 2 fully saturated rings. The van der Waals surface area contributed by atoms with Crippen LogP contribution in [0.3, 0.4) is 0 Å². The topological polar surface area (TPSA) is 61.6 Å². The molecule has 2 aliphatic rings. The van der Waals surface area contributed by atoms with Gasteiger partial charge < -0.3 is 11.5 Å². The van der Waals surface area contributed by atoms with E-state index in [1.54, 1.807) is 0 Å². The van der Waals surface area contributed by atoms with E-state index in [0.29, 0.717) is 0 Å². The fourth-order valence-electron chi connectivity index (χ4n) is 4.82. The smallest absolute Gasteiger partial charge is 1.00 e. The summed E-state index contributed by atoms with van der Waals surface area (Å²) in [5, 5.41) is 11.4. The maximum absolute atomic E-state index is 10.9. The Morgan fingerprint density at radius 2 is 1.70 bits per heavy atom. The molecule has 2 aromatic rings. The van der Waals surface area contributed by atoms with Gasteiger partial charge in [-0.05, 0) is 69.7 Å². The molecule has 0 saturated carbocycles. The number of rotatable bonds is 4. The molecule has 2 aliphatic heterocycles. The summed E-state index contributed by atoms with van der Waals surface area (Å²) in [5.74, 6) is 1.88. The Bertz CT molecular complexity index is 784. The van der Waals surface area contributed by atoms with Gasteiger partial charge in [0.2, 0.25) is 0 Å². The third-order valence-corrected chi connectivity index (χ3v) is 6.16. The van der Waals surface area contributed by atoms with Crippen molar-refractivity contribution in [1.29, 1.82) is 0 Å². The second-order valence-corrected chi connectivity index (χ2v) is 7.76. The van der Waals surface area contributed by atoms with Crippen LogP contribution >= 0.6 is 0 Å². The number of carbonyl (C=O) groups is 1. The maximum atomic E-state index is 10.9. The molecular formula is C20H29N4NaO2. The zero-order valence-corrected chi connectivity index (χ0v) is 18.5. The van der Waals surface area contributed by atoms with Crippen molar-refractivity contribution in [3.8, 4) is 0 Å². The number of nitrogens with zero attached hydrogens (tertiary/aromatic N) is 4. The minimum absolute atomic E-state index is 0. The van der Waals surface area contributed by atoms with Gasteiger partial charge in [0.05, 0.1) is 17.6 Å². The van der Waals surface area contributed by atoms with Crippen LogP contribution < -0.4 is 34.6 Å². The summed E-state index contributed by atoms with van der Waals surface area (Å²) in [6.45, 7) is 6.29. The van der Waals surface area contributed by atoms with Crippen molar-refractivity contribution in [3.63, 3.8) is 0 Å². The molecule has 1 aromatic heterocycles. The van der Waals surface area contributed by atoms with Crippen molar-refractivity contribution >= 4 is 17.0 Å². The van der Waals surface area contributed by atoms with Gasteiger partial charge in [0.1, 0.15) is 5.82 Å². The van der Waals surface area contributed by atoms with Gasteiger partial charge >= 0.3 is 35.5 Å². The first kappa shape index (κ1) is 20.6. The fraction of sp³-hybridized carbons (Fsp3) is 0.600. The minimum Gasteiger partial charge on any atom is -1.00 e. The molecule has 2 saturated heterocycles. The van der Waals surface area contributed by atoms with Crippen LogP contribution in [-0.2, 0) is 4.79 Å². The molecule has 0 aliphatic carbocycles. The molecule has 1 N–H and O–H groups in total. The van der Waals surface area contributed by atoms with Crippen molar-refractivity contribution < 1.29 is 40.9 Å². The summed E-state index contributed by atoms with van der Waals surface area (Å²) in [5.41, 5.74) is 2.27. The molecule has 6 nitrogen and oxygen atoms in total. The van der Waals surface area contributed by atoms with E-state index in [1.807, 2.05) is 6.07 Å². The summed E-state index contributed by atoms with van der Waals surface area (Å²) in [6.07, 6.45) is 4.72. The standard InChI is InChI=1S/C20H28N4O2.Na.H/c1-15-21-18-4-2-3-5-19(18)24(15)23-12-8-17(9-13-23)16-6-10-22(11-7-16)14-20(25)26;;/h2-5,16-17H,6-14H2,1H3,(H,25,26);;/q;+1;-1. The van der Waals surface area contributed by atoms with Crippen molar-refractivity contribution in [3.05, 3.63) is 30.1 Å². The number of aryl methyl sites for hydroxylation is 1. The molecule has 0 spiro atoms. The molecular weight excluding hydrogens is 351 g/mol. The Morgan fingerprint density at radius 1 is 1.11 bits per heavy atom. The molecule has 0 radical (unpaired) electrons. The Kier molecular flexibility index (Phi) is 6.84. The summed E-state index contributed by atoms with van der Waals surface area (Å²) in [7, 11) is 0.